The lowest BCUT2D eigenvalue weighted by Crippen LogP contribution is -2.42. The van der Waals surface area contributed by atoms with E-state index in [4.69, 9.17) is 4.42 Å². The lowest BCUT2D eigenvalue weighted by atomic mass is 9.89. The van der Waals surface area contributed by atoms with Gasteiger partial charge < -0.3 is 14.6 Å². The monoisotopic (exact) mass is 262 g/mol. The largest absolute Gasteiger partial charge is 0.472 e. The molecule has 19 heavy (non-hydrogen) atoms. The van der Waals surface area contributed by atoms with Gasteiger partial charge in [-0.3, -0.25) is 9.59 Å². The Morgan fingerprint density at radius 3 is 2.89 bits per heavy atom. The molecule has 2 aliphatic heterocycles. The van der Waals surface area contributed by atoms with Crippen molar-refractivity contribution >= 4 is 11.8 Å². The highest BCUT2D eigenvalue weighted by Gasteiger charge is 2.39. The molecule has 2 aliphatic rings. The van der Waals surface area contributed by atoms with Crippen LogP contribution in [0, 0.1) is 0 Å². The van der Waals surface area contributed by atoms with E-state index in [2.05, 4.69) is 5.32 Å². The molecule has 1 N–H and O–H groups in total. The maximum atomic E-state index is 12.3. The molecule has 3 rings (SSSR count). The Bertz CT molecular complexity index is 483. The first-order chi connectivity index (χ1) is 9.19. The van der Waals surface area contributed by atoms with E-state index >= 15 is 0 Å². The SMILES string of the molecule is O=C1CC[C@]2(CCCN(C(=O)c3ccoc3)CC2)N1. The third-order valence-corrected chi connectivity index (χ3v) is 4.23. The summed E-state index contributed by atoms with van der Waals surface area (Å²) < 4.78 is 4.96. The second-order valence-corrected chi connectivity index (χ2v) is 5.49. The second-order valence-electron chi connectivity index (χ2n) is 5.49. The zero-order chi connectivity index (χ0) is 13.3. The molecule has 2 saturated heterocycles. The van der Waals surface area contributed by atoms with Crippen LogP contribution in [0.3, 0.4) is 0 Å². The number of nitrogens with one attached hydrogen (secondary N) is 1. The van der Waals surface area contributed by atoms with Crippen molar-refractivity contribution in [1.82, 2.24) is 10.2 Å². The van der Waals surface area contributed by atoms with Gasteiger partial charge in [-0.25, -0.2) is 0 Å². The van der Waals surface area contributed by atoms with Crippen LogP contribution in [-0.2, 0) is 4.79 Å². The Kier molecular flexibility index (Phi) is 3.05. The zero-order valence-electron chi connectivity index (χ0n) is 10.9. The van der Waals surface area contributed by atoms with E-state index in [-0.39, 0.29) is 17.4 Å². The molecular weight excluding hydrogens is 244 g/mol. The molecule has 2 amide bonds. The van der Waals surface area contributed by atoms with Crippen molar-refractivity contribution in [3.05, 3.63) is 24.2 Å². The zero-order valence-corrected chi connectivity index (χ0v) is 10.9. The van der Waals surface area contributed by atoms with E-state index in [0.29, 0.717) is 18.5 Å². The summed E-state index contributed by atoms with van der Waals surface area (Å²) in [6, 6.07) is 1.69. The van der Waals surface area contributed by atoms with Gasteiger partial charge in [0.1, 0.15) is 6.26 Å². The van der Waals surface area contributed by atoms with Gasteiger partial charge >= 0.3 is 0 Å². The molecule has 1 spiro atoms. The summed E-state index contributed by atoms with van der Waals surface area (Å²) in [6.07, 6.45) is 7.28. The molecule has 2 fully saturated rings. The smallest absolute Gasteiger partial charge is 0.257 e. The molecule has 5 nitrogen and oxygen atoms in total. The maximum Gasteiger partial charge on any atom is 0.257 e. The highest BCUT2D eigenvalue weighted by molar-refractivity contribution is 5.93. The number of rotatable bonds is 1. The number of amides is 2. The van der Waals surface area contributed by atoms with Gasteiger partial charge in [-0.15, -0.1) is 0 Å². The number of likely N-dealkylation sites (tertiary alicyclic amines) is 1. The van der Waals surface area contributed by atoms with Gasteiger partial charge in [0, 0.05) is 25.0 Å². The Balaban J connectivity index is 1.68. The molecule has 1 atom stereocenters. The number of furan rings is 1. The Morgan fingerprint density at radius 1 is 1.32 bits per heavy atom. The Morgan fingerprint density at radius 2 is 2.21 bits per heavy atom. The quantitative estimate of drug-likeness (QED) is 0.835. The minimum Gasteiger partial charge on any atom is -0.472 e. The van der Waals surface area contributed by atoms with Gasteiger partial charge in [0.2, 0.25) is 5.91 Å². The van der Waals surface area contributed by atoms with Crippen LogP contribution in [0.5, 0.6) is 0 Å². The van der Waals surface area contributed by atoms with Crippen molar-refractivity contribution in [2.45, 2.75) is 37.6 Å². The van der Waals surface area contributed by atoms with Gasteiger partial charge in [-0.05, 0) is 31.7 Å². The molecule has 5 heteroatoms. The van der Waals surface area contributed by atoms with Crippen LogP contribution < -0.4 is 5.32 Å². The Labute approximate surface area is 111 Å². The molecule has 1 aromatic rings. The fraction of sp³-hybridized carbons (Fsp3) is 0.571. The van der Waals surface area contributed by atoms with Crippen LogP contribution >= 0.6 is 0 Å². The molecule has 0 bridgehead atoms. The normalized spacial score (nSPS) is 27.4. The molecular formula is C14H18N2O3. The minimum absolute atomic E-state index is 0.0233. The molecule has 102 valence electrons. The highest BCUT2D eigenvalue weighted by Crippen LogP contribution is 2.31. The second kappa shape index (κ2) is 4.72. The van der Waals surface area contributed by atoms with E-state index in [1.807, 2.05) is 4.90 Å². The van der Waals surface area contributed by atoms with Crippen LogP contribution in [0.4, 0.5) is 0 Å². The predicted octanol–water partition coefficient (Wildman–Crippen LogP) is 1.55. The number of hydrogen-bond acceptors (Lipinski definition) is 3. The third kappa shape index (κ3) is 2.37. The minimum atomic E-state index is -0.0670. The molecule has 1 aromatic heterocycles. The van der Waals surface area contributed by atoms with Crippen molar-refractivity contribution in [2.24, 2.45) is 0 Å². The van der Waals surface area contributed by atoms with Crippen molar-refractivity contribution in [3.8, 4) is 0 Å². The third-order valence-electron chi connectivity index (χ3n) is 4.23. The fourth-order valence-corrected chi connectivity index (χ4v) is 3.11. The fourth-order valence-electron chi connectivity index (χ4n) is 3.11. The van der Waals surface area contributed by atoms with E-state index in [1.165, 1.54) is 12.5 Å². The van der Waals surface area contributed by atoms with E-state index in [1.54, 1.807) is 6.07 Å². The predicted molar refractivity (Wildman–Crippen MR) is 68.6 cm³/mol. The van der Waals surface area contributed by atoms with Crippen LogP contribution in [-0.4, -0.2) is 35.3 Å². The summed E-state index contributed by atoms with van der Waals surface area (Å²) >= 11 is 0. The first-order valence-corrected chi connectivity index (χ1v) is 6.81. The van der Waals surface area contributed by atoms with Crippen molar-refractivity contribution in [3.63, 3.8) is 0 Å². The highest BCUT2D eigenvalue weighted by atomic mass is 16.3. The first kappa shape index (κ1) is 12.3. The van der Waals surface area contributed by atoms with Crippen molar-refractivity contribution < 1.29 is 14.0 Å². The van der Waals surface area contributed by atoms with Crippen LogP contribution in [0.2, 0.25) is 0 Å². The summed E-state index contributed by atoms with van der Waals surface area (Å²) in [5, 5.41) is 3.11. The number of nitrogens with zero attached hydrogens (tertiary/aromatic N) is 1. The van der Waals surface area contributed by atoms with E-state index < -0.39 is 0 Å². The summed E-state index contributed by atoms with van der Waals surface area (Å²) in [5.41, 5.74) is 0.536. The summed E-state index contributed by atoms with van der Waals surface area (Å²) in [7, 11) is 0. The van der Waals surface area contributed by atoms with Gasteiger partial charge in [0.15, 0.2) is 0 Å². The molecule has 0 aromatic carbocycles. The number of hydrogen-bond donors (Lipinski definition) is 1. The van der Waals surface area contributed by atoms with Crippen LogP contribution in [0.15, 0.2) is 23.0 Å². The number of carbonyl (C=O) groups excluding carboxylic acids is 2. The number of carbonyl (C=O) groups is 2. The summed E-state index contributed by atoms with van der Waals surface area (Å²) in [6.45, 7) is 1.45. The first-order valence-electron chi connectivity index (χ1n) is 6.81. The van der Waals surface area contributed by atoms with Gasteiger partial charge in [-0.2, -0.15) is 0 Å². The molecule has 0 unspecified atom stereocenters. The van der Waals surface area contributed by atoms with Gasteiger partial charge in [0.25, 0.3) is 5.91 Å². The van der Waals surface area contributed by atoms with E-state index in [9.17, 15) is 9.59 Å². The topological polar surface area (TPSA) is 62.6 Å². The molecule has 0 radical (unpaired) electrons. The van der Waals surface area contributed by atoms with Gasteiger partial charge in [0.05, 0.1) is 11.8 Å². The standard InChI is InChI=1S/C14H18N2O3/c17-12-2-5-14(15-12)4-1-7-16(8-6-14)13(18)11-3-9-19-10-11/h3,9-10H,1-2,4-8H2,(H,15,17)/t14-/m0/s1. The van der Waals surface area contributed by atoms with Gasteiger partial charge in [-0.1, -0.05) is 0 Å². The molecule has 3 heterocycles. The summed E-state index contributed by atoms with van der Waals surface area (Å²) in [5.74, 6) is 0.171. The average Bonchev–Trinajstić information content (AvgIpc) is 2.98. The maximum absolute atomic E-state index is 12.3. The Hall–Kier alpha value is -1.78. The van der Waals surface area contributed by atoms with Crippen LogP contribution in [0.1, 0.15) is 42.5 Å². The molecule has 0 saturated carbocycles. The van der Waals surface area contributed by atoms with Crippen molar-refractivity contribution in [1.29, 1.82) is 0 Å². The average molecular weight is 262 g/mol. The lowest BCUT2D eigenvalue weighted by Gasteiger charge is -2.27. The summed E-state index contributed by atoms with van der Waals surface area (Å²) in [4.78, 5) is 25.6. The van der Waals surface area contributed by atoms with Crippen LogP contribution in [0.25, 0.3) is 0 Å². The molecule has 0 aliphatic carbocycles. The lowest BCUT2D eigenvalue weighted by molar-refractivity contribution is -0.119. The van der Waals surface area contributed by atoms with Crippen molar-refractivity contribution in [2.75, 3.05) is 13.1 Å². The van der Waals surface area contributed by atoms with E-state index in [0.717, 1.165) is 32.2 Å².